The van der Waals surface area contributed by atoms with Gasteiger partial charge in [-0.3, -0.25) is 9.69 Å². The van der Waals surface area contributed by atoms with Gasteiger partial charge in [-0.2, -0.15) is 0 Å². The van der Waals surface area contributed by atoms with Crippen LogP contribution in [0.4, 0.5) is 5.13 Å². The van der Waals surface area contributed by atoms with Gasteiger partial charge in [0.1, 0.15) is 0 Å². The molecule has 0 saturated heterocycles. The molecule has 0 saturated carbocycles. The normalized spacial score (nSPS) is 11.6. The van der Waals surface area contributed by atoms with E-state index in [1.54, 1.807) is 22.7 Å². The van der Waals surface area contributed by atoms with Crippen LogP contribution in [0.5, 0.6) is 0 Å². The molecule has 0 aliphatic heterocycles. The molecule has 150 valence electrons. The molecule has 0 unspecified atom stereocenters. The zero-order chi connectivity index (χ0) is 20.4. The first-order chi connectivity index (χ1) is 14.0. The van der Waals surface area contributed by atoms with E-state index in [4.69, 9.17) is 4.98 Å². The van der Waals surface area contributed by atoms with Crippen molar-refractivity contribution in [2.45, 2.75) is 19.8 Å². The molecule has 5 nitrogen and oxygen atoms in total. The van der Waals surface area contributed by atoms with Crippen molar-refractivity contribution >= 4 is 54.1 Å². The summed E-state index contributed by atoms with van der Waals surface area (Å²) in [4.78, 5) is 26.5. The third-order valence-electron chi connectivity index (χ3n) is 4.89. The van der Waals surface area contributed by atoms with Crippen molar-refractivity contribution in [3.8, 4) is 0 Å². The van der Waals surface area contributed by atoms with E-state index in [-0.39, 0.29) is 5.91 Å². The van der Waals surface area contributed by atoms with Crippen LogP contribution in [-0.2, 0) is 6.42 Å². The van der Waals surface area contributed by atoms with Gasteiger partial charge in [-0.15, -0.1) is 11.3 Å². The van der Waals surface area contributed by atoms with Crippen LogP contribution in [0.25, 0.3) is 20.4 Å². The summed E-state index contributed by atoms with van der Waals surface area (Å²) in [7, 11) is 4.10. The number of anilines is 1. The lowest BCUT2D eigenvalue weighted by Crippen LogP contribution is -2.33. The molecule has 1 amide bonds. The van der Waals surface area contributed by atoms with Gasteiger partial charge in [0, 0.05) is 12.1 Å². The molecule has 0 radical (unpaired) electrons. The average Bonchev–Trinajstić information content (AvgIpc) is 3.35. The summed E-state index contributed by atoms with van der Waals surface area (Å²) >= 11 is 3.15. The Balaban J connectivity index is 1.69. The number of thiazole rings is 2. The Bertz CT molecular complexity index is 1150. The Morgan fingerprint density at radius 2 is 1.86 bits per heavy atom. The summed E-state index contributed by atoms with van der Waals surface area (Å²) in [5, 5.41) is 0.765. The average molecular weight is 425 g/mol. The molecule has 0 atom stereocenters. The van der Waals surface area contributed by atoms with Crippen LogP contribution in [0.15, 0.2) is 41.9 Å². The van der Waals surface area contributed by atoms with Crippen molar-refractivity contribution in [1.82, 2.24) is 14.9 Å². The lowest BCUT2D eigenvalue weighted by Gasteiger charge is -2.21. The van der Waals surface area contributed by atoms with Crippen molar-refractivity contribution in [3.05, 3.63) is 53.0 Å². The zero-order valence-electron chi connectivity index (χ0n) is 16.9. The van der Waals surface area contributed by atoms with Gasteiger partial charge in [0.25, 0.3) is 5.91 Å². The molecule has 0 N–H and O–H groups in total. The smallest absolute Gasteiger partial charge is 0.260 e. The minimum atomic E-state index is -0.00572. The highest BCUT2D eigenvalue weighted by atomic mass is 32.1. The van der Waals surface area contributed by atoms with Gasteiger partial charge in [-0.25, -0.2) is 9.97 Å². The standard InChI is InChI=1S/C22H24N4OS2/c1-4-15-6-8-18-20(12-15)29-22(24-18)26(11-5-10-25(2)3)21(27)16-7-9-17-19(13-16)28-14-23-17/h6-9,12-14H,4-5,10-11H2,1-3H3. The molecule has 0 spiro atoms. The fourth-order valence-electron chi connectivity index (χ4n) is 3.27. The van der Waals surface area contributed by atoms with E-state index in [0.717, 1.165) is 45.0 Å². The van der Waals surface area contributed by atoms with Gasteiger partial charge in [-0.05, 0) is 69.4 Å². The van der Waals surface area contributed by atoms with Crippen molar-refractivity contribution in [3.63, 3.8) is 0 Å². The van der Waals surface area contributed by atoms with E-state index in [1.807, 2.05) is 42.7 Å². The van der Waals surface area contributed by atoms with Crippen molar-refractivity contribution in [2.24, 2.45) is 0 Å². The minimum absolute atomic E-state index is 0.00572. The van der Waals surface area contributed by atoms with Gasteiger partial charge in [-0.1, -0.05) is 24.3 Å². The van der Waals surface area contributed by atoms with Gasteiger partial charge >= 0.3 is 0 Å². The predicted octanol–water partition coefficient (Wildman–Crippen LogP) is 5.07. The Morgan fingerprint density at radius 3 is 2.66 bits per heavy atom. The highest BCUT2D eigenvalue weighted by Crippen LogP contribution is 2.31. The third kappa shape index (κ3) is 4.32. The molecular weight excluding hydrogens is 400 g/mol. The fourth-order valence-corrected chi connectivity index (χ4v) is 5.04. The molecule has 4 aromatic rings. The van der Waals surface area contributed by atoms with Gasteiger partial charge in [0.15, 0.2) is 5.13 Å². The third-order valence-corrected chi connectivity index (χ3v) is 6.72. The summed E-state index contributed by atoms with van der Waals surface area (Å²) in [6.45, 7) is 3.70. The molecule has 4 rings (SSSR count). The minimum Gasteiger partial charge on any atom is -0.309 e. The number of carbonyl (C=O) groups excluding carboxylic acids is 1. The number of amides is 1. The summed E-state index contributed by atoms with van der Waals surface area (Å²) in [5.74, 6) is -0.00572. The van der Waals surface area contributed by atoms with Gasteiger partial charge in [0.2, 0.25) is 0 Å². The highest BCUT2D eigenvalue weighted by Gasteiger charge is 2.22. The number of aryl methyl sites for hydroxylation is 1. The number of hydrogen-bond acceptors (Lipinski definition) is 6. The molecule has 29 heavy (non-hydrogen) atoms. The summed E-state index contributed by atoms with van der Waals surface area (Å²) in [6, 6.07) is 12.1. The first-order valence-corrected chi connectivity index (χ1v) is 11.4. The second-order valence-corrected chi connectivity index (χ2v) is 9.20. The molecule has 0 aliphatic rings. The number of fused-ring (bicyclic) bond motifs is 2. The first kappa shape index (κ1) is 19.9. The number of benzene rings is 2. The van der Waals surface area contributed by atoms with Crippen molar-refractivity contribution < 1.29 is 4.79 Å². The number of nitrogens with zero attached hydrogens (tertiary/aromatic N) is 4. The van der Waals surface area contributed by atoms with Crippen LogP contribution in [-0.4, -0.2) is 48.0 Å². The van der Waals surface area contributed by atoms with Crippen LogP contribution in [0.2, 0.25) is 0 Å². The second-order valence-electron chi connectivity index (χ2n) is 7.30. The Kier molecular flexibility index (Phi) is 5.89. The molecule has 0 bridgehead atoms. The van der Waals surface area contributed by atoms with E-state index >= 15 is 0 Å². The number of rotatable bonds is 7. The maximum absolute atomic E-state index is 13.4. The van der Waals surface area contributed by atoms with Crippen molar-refractivity contribution in [2.75, 3.05) is 32.1 Å². The number of aromatic nitrogens is 2. The maximum Gasteiger partial charge on any atom is 0.260 e. The van der Waals surface area contributed by atoms with E-state index < -0.39 is 0 Å². The van der Waals surface area contributed by atoms with E-state index in [1.165, 1.54) is 5.56 Å². The fraction of sp³-hybridized carbons (Fsp3) is 0.318. The second kappa shape index (κ2) is 8.57. The quantitative estimate of drug-likeness (QED) is 0.416. The Labute approximate surface area is 178 Å². The van der Waals surface area contributed by atoms with Crippen LogP contribution in [0.1, 0.15) is 29.3 Å². The topological polar surface area (TPSA) is 49.3 Å². The van der Waals surface area contributed by atoms with Crippen LogP contribution in [0, 0.1) is 0 Å². The maximum atomic E-state index is 13.4. The largest absolute Gasteiger partial charge is 0.309 e. The molecule has 2 aromatic carbocycles. The van der Waals surface area contributed by atoms with E-state index in [9.17, 15) is 4.79 Å². The lowest BCUT2D eigenvalue weighted by molar-refractivity contribution is 0.0986. The Hall–Kier alpha value is -2.35. The predicted molar refractivity (Wildman–Crippen MR) is 123 cm³/mol. The highest BCUT2D eigenvalue weighted by molar-refractivity contribution is 7.22. The SMILES string of the molecule is CCc1ccc2nc(N(CCCN(C)C)C(=O)c3ccc4ncsc4c3)sc2c1. The van der Waals surface area contributed by atoms with Gasteiger partial charge in [0.05, 0.1) is 25.9 Å². The van der Waals surface area contributed by atoms with Crippen LogP contribution in [0.3, 0.4) is 0 Å². The first-order valence-electron chi connectivity index (χ1n) is 9.74. The summed E-state index contributed by atoms with van der Waals surface area (Å²) in [6.07, 6.45) is 1.88. The van der Waals surface area contributed by atoms with Crippen LogP contribution < -0.4 is 4.90 Å². The van der Waals surface area contributed by atoms with Crippen LogP contribution >= 0.6 is 22.7 Å². The lowest BCUT2D eigenvalue weighted by atomic mass is 10.2. The monoisotopic (exact) mass is 424 g/mol. The molecular formula is C22H24N4OS2. The Morgan fingerprint density at radius 1 is 1.03 bits per heavy atom. The van der Waals surface area contributed by atoms with E-state index in [2.05, 4.69) is 35.0 Å². The molecule has 0 fully saturated rings. The van der Waals surface area contributed by atoms with E-state index in [0.29, 0.717) is 12.1 Å². The molecule has 2 aromatic heterocycles. The number of hydrogen-bond donors (Lipinski definition) is 0. The molecule has 2 heterocycles. The van der Waals surface area contributed by atoms with Crippen molar-refractivity contribution in [1.29, 1.82) is 0 Å². The summed E-state index contributed by atoms with van der Waals surface area (Å²) in [5.41, 5.74) is 5.66. The number of carbonyl (C=O) groups is 1. The summed E-state index contributed by atoms with van der Waals surface area (Å²) < 4.78 is 2.16. The zero-order valence-corrected chi connectivity index (χ0v) is 18.5. The molecule has 0 aliphatic carbocycles. The van der Waals surface area contributed by atoms with Gasteiger partial charge < -0.3 is 4.90 Å². The molecule has 7 heteroatoms.